The molecule has 27 heavy (non-hydrogen) atoms. The Balaban J connectivity index is 1.69. The lowest BCUT2D eigenvalue weighted by atomic mass is 10.2. The van der Waals surface area contributed by atoms with Gasteiger partial charge in [-0.15, -0.1) is 5.10 Å². The van der Waals surface area contributed by atoms with Crippen LogP contribution in [0, 0.1) is 5.92 Å². The van der Waals surface area contributed by atoms with E-state index in [0.29, 0.717) is 5.69 Å². The molecule has 7 nitrogen and oxygen atoms in total. The van der Waals surface area contributed by atoms with Gasteiger partial charge in [-0.1, -0.05) is 11.8 Å². The fourth-order valence-corrected chi connectivity index (χ4v) is 3.50. The van der Waals surface area contributed by atoms with Gasteiger partial charge < -0.3 is 10.0 Å². The van der Waals surface area contributed by atoms with Crippen LogP contribution in [0.15, 0.2) is 29.4 Å². The van der Waals surface area contributed by atoms with Gasteiger partial charge in [0.05, 0.1) is 11.4 Å². The summed E-state index contributed by atoms with van der Waals surface area (Å²) in [6.07, 6.45) is -2.76. The molecule has 1 atom stereocenters. The SMILES string of the molecule is C[C@@H](C1CC1)N(CC(F)(F)F)C(=O)CSc1nnnn1-c1ccc(O)cc1. The highest BCUT2D eigenvalue weighted by molar-refractivity contribution is 7.99. The number of carbonyl (C=O) groups excluding carboxylic acids is 1. The monoisotopic (exact) mass is 401 g/mol. The molecule has 1 aromatic heterocycles. The van der Waals surface area contributed by atoms with Crippen molar-refractivity contribution in [1.29, 1.82) is 0 Å². The summed E-state index contributed by atoms with van der Waals surface area (Å²) in [4.78, 5) is 13.4. The Bertz CT molecular complexity index is 792. The number of thioether (sulfide) groups is 1. The van der Waals surface area contributed by atoms with E-state index in [0.717, 1.165) is 29.5 Å². The first-order chi connectivity index (χ1) is 12.7. The number of hydrogen-bond acceptors (Lipinski definition) is 6. The smallest absolute Gasteiger partial charge is 0.406 e. The summed E-state index contributed by atoms with van der Waals surface area (Å²) in [5.41, 5.74) is 0.561. The molecule has 0 bridgehead atoms. The largest absolute Gasteiger partial charge is 0.508 e. The lowest BCUT2D eigenvalue weighted by molar-refractivity contribution is -0.164. The van der Waals surface area contributed by atoms with E-state index in [1.807, 2.05) is 0 Å². The van der Waals surface area contributed by atoms with Crippen LogP contribution in [0.5, 0.6) is 5.75 Å². The molecule has 1 N–H and O–H groups in total. The Labute approximate surface area is 157 Å². The molecule has 1 fully saturated rings. The second kappa shape index (κ2) is 7.75. The first-order valence-electron chi connectivity index (χ1n) is 8.31. The summed E-state index contributed by atoms with van der Waals surface area (Å²) in [6, 6.07) is 5.64. The van der Waals surface area contributed by atoms with Crippen molar-refractivity contribution in [1.82, 2.24) is 25.1 Å². The van der Waals surface area contributed by atoms with E-state index in [4.69, 9.17) is 0 Å². The van der Waals surface area contributed by atoms with Crippen molar-refractivity contribution >= 4 is 17.7 Å². The molecule has 0 unspecified atom stereocenters. The molecule has 1 aliphatic carbocycles. The topological polar surface area (TPSA) is 84.1 Å². The van der Waals surface area contributed by atoms with Gasteiger partial charge in [-0.2, -0.15) is 17.9 Å². The van der Waals surface area contributed by atoms with E-state index in [9.17, 15) is 23.1 Å². The average Bonchev–Trinajstić information content (AvgIpc) is 3.35. The lowest BCUT2D eigenvalue weighted by Gasteiger charge is -2.30. The molecule has 1 amide bonds. The highest BCUT2D eigenvalue weighted by atomic mass is 32.2. The summed E-state index contributed by atoms with van der Waals surface area (Å²) in [6.45, 7) is 0.402. The fraction of sp³-hybridized carbons (Fsp3) is 0.500. The first-order valence-corrected chi connectivity index (χ1v) is 9.30. The molecule has 0 saturated heterocycles. The number of aromatic nitrogens is 4. The maximum Gasteiger partial charge on any atom is 0.406 e. The van der Waals surface area contributed by atoms with Gasteiger partial charge in [0.2, 0.25) is 11.1 Å². The quantitative estimate of drug-likeness (QED) is 0.718. The van der Waals surface area contributed by atoms with Crippen LogP contribution in [-0.2, 0) is 4.79 Å². The Morgan fingerprint density at radius 3 is 2.63 bits per heavy atom. The third-order valence-corrected chi connectivity index (χ3v) is 5.23. The Morgan fingerprint density at radius 2 is 2.04 bits per heavy atom. The summed E-state index contributed by atoms with van der Waals surface area (Å²) in [5.74, 6) is -0.598. The van der Waals surface area contributed by atoms with Crippen LogP contribution in [0.2, 0.25) is 0 Å². The van der Waals surface area contributed by atoms with Crippen molar-refractivity contribution in [2.45, 2.75) is 37.1 Å². The zero-order valence-electron chi connectivity index (χ0n) is 14.4. The lowest BCUT2D eigenvalue weighted by Crippen LogP contribution is -2.46. The van der Waals surface area contributed by atoms with Crippen LogP contribution in [0.4, 0.5) is 13.2 Å². The van der Waals surface area contributed by atoms with E-state index < -0.39 is 24.7 Å². The number of phenols is 1. The number of phenolic OH excluding ortho intramolecular Hbond substituents is 1. The molecule has 1 aromatic carbocycles. The maximum atomic E-state index is 12.9. The Morgan fingerprint density at radius 1 is 1.37 bits per heavy atom. The number of benzene rings is 1. The summed E-state index contributed by atoms with van der Waals surface area (Å²) < 4.78 is 40.0. The zero-order valence-corrected chi connectivity index (χ0v) is 15.2. The summed E-state index contributed by atoms with van der Waals surface area (Å²) in [5, 5.41) is 20.8. The normalized spacial score (nSPS) is 15.6. The van der Waals surface area contributed by atoms with Crippen molar-refractivity contribution in [3.8, 4) is 11.4 Å². The zero-order chi connectivity index (χ0) is 19.6. The number of nitrogens with zero attached hydrogens (tertiary/aromatic N) is 5. The first kappa shape index (κ1) is 19.5. The highest BCUT2D eigenvalue weighted by Gasteiger charge is 2.40. The highest BCUT2D eigenvalue weighted by Crippen LogP contribution is 2.36. The number of amides is 1. The van der Waals surface area contributed by atoms with Gasteiger partial charge in [0, 0.05) is 6.04 Å². The van der Waals surface area contributed by atoms with Gasteiger partial charge in [0.15, 0.2) is 0 Å². The standard InChI is InChI=1S/C16H18F3N5O2S/c1-10(11-2-3-11)23(9-16(17,18)19)14(26)8-27-15-20-21-22-24(15)12-4-6-13(25)7-5-12/h4-7,10-11,25H,2-3,8-9H2,1H3/t10-/m0/s1. The third kappa shape index (κ3) is 5.12. The summed E-state index contributed by atoms with van der Waals surface area (Å²) in [7, 11) is 0. The van der Waals surface area contributed by atoms with E-state index >= 15 is 0 Å². The van der Waals surface area contributed by atoms with Crippen molar-refractivity contribution in [2.75, 3.05) is 12.3 Å². The molecule has 146 valence electrons. The molecule has 3 rings (SSSR count). The number of aromatic hydroxyl groups is 1. The number of tetrazole rings is 1. The van der Waals surface area contributed by atoms with Crippen molar-refractivity contribution in [3.63, 3.8) is 0 Å². The minimum atomic E-state index is -4.45. The van der Waals surface area contributed by atoms with E-state index in [-0.39, 0.29) is 22.6 Å². The van der Waals surface area contributed by atoms with Crippen LogP contribution in [-0.4, -0.2) is 60.6 Å². The minimum Gasteiger partial charge on any atom is -0.508 e. The van der Waals surface area contributed by atoms with Crippen LogP contribution in [0.1, 0.15) is 19.8 Å². The van der Waals surface area contributed by atoms with Crippen molar-refractivity contribution < 1.29 is 23.1 Å². The van der Waals surface area contributed by atoms with Crippen molar-refractivity contribution in [3.05, 3.63) is 24.3 Å². The number of carbonyl (C=O) groups is 1. The Hall–Kier alpha value is -2.30. The molecule has 1 saturated carbocycles. The predicted molar refractivity (Wildman–Crippen MR) is 91.5 cm³/mol. The van der Waals surface area contributed by atoms with E-state index in [1.54, 1.807) is 19.1 Å². The van der Waals surface area contributed by atoms with Crippen molar-refractivity contribution in [2.24, 2.45) is 5.92 Å². The molecular weight excluding hydrogens is 383 g/mol. The molecule has 2 aromatic rings. The molecule has 1 heterocycles. The number of halogens is 3. The van der Waals surface area contributed by atoms with Crippen LogP contribution in [0.25, 0.3) is 5.69 Å². The van der Waals surface area contributed by atoms with Crippen LogP contribution < -0.4 is 0 Å². The van der Waals surface area contributed by atoms with Gasteiger partial charge in [-0.3, -0.25) is 4.79 Å². The summed E-state index contributed by atoms with van der Waals surface area (Å²) >= 11 is 0.971. The van der Waals surface area contributed by atoms with Gasteiger partial charge in [-0.25, -0.2) is 0 Å². The maximum absolute atomic E-state index is 12.9. The molecule has 11 heteroatoms. The number of hydrogen-bond donors (Lipinski definition) is 1. The molecule has 0 radical (unpaired) electrons. The fourth-order valence-electron chi connectivity index (χ4n) is 2.72. The van der Waals surface area contributed by atoms with Crippen LogP contribution in [0.3, 0.4) is 0 Å². The van der Waals surface area contributed by atoms with Gasteiger partial charge >= 0.3 is 6.18 Å². The molecule has 0 spiro atoms. The molecular formula is C16H18F3N5O2S. The second-order valence-corrected chi connectivity index (χ2v) is 7.34. The van der Waals surface area contributed by atoms with Gasteiger partial charge in [0.1, 0.15) is 12.3 Å². The van der Waals surface area contributed by atoms with Crippen LogP contribution >= 0.6 is 11.8 Å². The average molecular weight is 401 g/mol. The number of alkyl halides is 3. The van der Waals surface area contributed by atoms with Gasteiger partial charge in [0.25, 0.3) is 0 Å². The predicted octanol–water partition coefficient (Wildman–Crippen LogP) is 2.65. The second-order valence-electron chi connectivity index (χ2n) is 6.39. The third-order valence-electron chi connectivity index (χ3n) is 4.33. The van der Waals surface area contributed by atoms with E-state index in [2.05, 4.69) is 15.5 Å². The minimum absolute atomic E-state index is 0.0769. The number of rotatable bonds is 7. The van der Waals surface area contributed by atoms with E-state index in [1.165, 1.54) is 16.8 Å². The Kier molecular flexibility index (Phi) is 5.59. The molecule has 0 aliphatic heterocycles. The van der Waals surface area contributed by atoms with Gasteiger partial charge in [-0.05, 0) is 60.4 Å². The molecule has 1 aliphatic rings.